The molecular weight excluding hydrogens is 466 g/mol. The number of sulfone groups is 1. The van der Waals surface area contributed by atoms with Crippen LogP contribution in [-0.4, -0.2) is 61.1 Å². The van der Waals surface area contributed by atoms with E-state index in [0.29, 0.717) is 31.6 Å². The van der Waals surface area contributed by atoms with E-state index >= 15 is 0 Å². The fourth-order valence-corrected chi connectivity index (χ4v) is 6.64. The number of carboxylic acid groups (broad SMARTS) is 1. The van der Waals surface area contributed by atoms with Crippen LogP contribution < -0.4 is 10.1 Å². The van der Waals surface area contributed by atoms with Crippen molar-refractivity contribution in [3.63, 3.8) is 0 Å². The van der Waals surface area contributed by atoms with Crippen molar-refractivity contribution in [2.45, 2.75) is 44.5 Å². The standard InChI is InChI=1S/C26H33N3O5S/c1-5-35(32,33)18-9-11-29(15-21-19-8-10-28-25(19)16(2)12-24(21)34-4)23(14-18)17-6-7-20(26(30)31)22(13-17)27-3/h6-8,10,12-13,18,23,27-28H,5,9,11,14-15H2,1-4H3,(H,30,31)/t18-,23-/m0/s1. The van der Waals surface area contributed by atoms with Gasteiger partial charge in [-0.3, -0.25) is 4.90 Å². The predicted molar refractivity (Wildman–Crippen MR) is 138 cm³/mol. The summed E-state index contributed by atoms with van der Waals surface area (Å²) < 4.78 is 31.4. The van der Waals surface area contributed by atoms with Gasteiger partial charge in [0.1, 0.15) is 5.75 Å². The number of aromatic amines is 1. The van der Waals surface area contributed by atoms with Gasteiger partial charge in [0, 0.05) is 60.3 Å². The number of aromatic carboxylic acids is 1. The molecule has 3 aromatic rings. The van der Waals surface area contributed by atoms with Crippen LogP contribution in [0.2, 0.25) is 0 Å². The second-order valence-electron chi connectivity index (χ2n) is 9.08. The minimum Gasteiger partial charge on any atom is -0.496 e. The highest BCUT2D eigenvalue weighted by Gasteiger charge is 2.36. The van der Waals surface area contributed by atoms with Gasteiger partial charge in [-0.25, -0.2) is 13.2 Å². The van der Waals surface area contributed by atoms with E-state index in [-0.39, 0.29) is 17.4 Å². The number of anilines is 1. The quantitative estimate of drug-likeness (QED) is 0.422. The zero-order valence-electron chi connectivity index (χ0n) is 20.6. The Morgan fingerprint density at radius 1 is 1.29 bits per heavy atom. The Morgan fingerprint density at radius 2 is 2.06 bits per heavy atom. The van der Waals surface area contributed by atoms with E-state index in [0.717, 1.165) is 33.3 Å². The molecule has 8 nitrogen and oxygen atoms in total. The summed E-state index contributed by atoms with van der Waals surface area (Å²) in [5.41, 5.74) is 4.79. The van der Waals surface area contributed by atoms with Crippen molar-refractivity contribution < 1.29 is 23.1 Å². The lowest BCUT2D eigenvalue weighted by Crippen LogP contribution is -2.41. The number of hydrogen-bond acceptors (Lipinski definition) is 6. The molecule has 1 aromatic heterocycles. The van der Waals surface area contributed by atoms with Crippen molar-refractivity contribution in [3.8, 4) is 5.75 Å². The molecule has 0 radical (unpaired) electrons. The Kier molecular flexibility index (Phi) is 7.10. The zero-order valence-corrected chi connectivity index (χ0v) is 21.4. The summed E-state index contributed by atoms with van der Waals surface area (Å²) in [5.74, 6) is -0.0966. The summed E-state index contributed by atoms with van der Waals surface area (Å²) in [6, 6.07) is 9.12. The van der Waals surface area contributed by atoms with Crippen molar-refractivity contribution in [1.82, 2.24) is 9.88 Å². The predicted octanol–water partition coefficient (Wildman–Crippen LogP) is 4.37. The van der Waals surface area contributed by atoms with Crippen LogP contribution in [0.5, 0.6) is 5.75 Å². The maximum atomic E-state index is 12.8. The lowest BCUT2D eigenvalue weighted by molar-refractivity contribution is 0.0698. The number of nitrogens with zero attached hydrogens (tertiary/aromatic N) is 1. The zero-order chi connectivity index (χ0) is 25.3. The Balaban J connectivity index is 1.78. The van der Waals surface area contributed by atoms with Crippen LogP contribution in [0.3, 0.4) is 0 Å². The van der Waals surface area contributed by atoms with Crippen LogP contribution in [0.15, 0.2) is 36.5 Å². The molecule has 9 heteroatoms. The van der Waals surface area contributed by atoms with E-state index in [4.69, 9.17) is 4.74 Å². The number of carbonyl (C=O) groups is 1. The number of benzene rings is 2. The summed E-state index contributed by atoms with van der Waals surface area (Å²) in [6.45, 7) is 4.92. The van der Waals surface area contributed by atoms with Crippen molar-refractivity contribution in [2.75, 3.05) is 31.8 Å². The highest BCUT2D eigenvalue weighted by Crippen LogP contribution is 2.39. The van der Waals surface area contributed by atoms with Gasteiger partial charge in [0.2, 0.25) is 0 Å². The van der Waals surface area contributed by atoms with Crippen molar-refractivity contribution in [3.05, 3.63) is 58.8 Å². The van der Waals surface area contributed by atoms with Crippen molar-refractivity contribution in [2.24, 2.45) is 0 Å². The fraction of sp³-hybridized carbons (Fsp3) is 0.423. The first-order valence-corrected chi connectivity index (χ1v) is 13.6. The van der Waals surface area contributed by atoms with E-state index < -0.39 is 21.1 Å². The van der Waals surface area contributed by atoms with Gasteiger partial charge in [0.15, 0.2) is 9.84 Å². The molecule has 1 saturated heterocycles. The average Bonchev–Trinajstić information content (AvgIpc) is 3.36. The number of methoxy groups -OCH3 is 1. The van der Waals surface area contributed by atoms with Gasteiger partial charge in [0.25, 0.3) is 0 Å². The highest BCUT2D eigenvalue weighted by atomic mass is 32.2. The van der Waals surface area contributed by atoms with E-state index in [1.54, 1.807) is 33.2 Å². The lowest BCUT2D eigenvalue weighted by Gasteiger charge is -2.40. The minimum absolute atomic E-state index is 0.111. The van der Waals surface area contributed by atoms with Crippen LogP contribution in [0.4, 0.5) is 5.69 Å². The third-order valence-electron chi connectivity index (χ3n) is 7.20. The summed E-state index contributed by atoms with van der Waals surface area (Å²) in [7, 11) is 0.148. The Hall–Kier alpha value is -3.04. The van der Waals surface area contributed by atoms with Crippen LogP contribution in [0.1, 0.15) is 52.9 Å². The lowest BCUT2D eigenvalue weighted by atomic mass is 9.92. The van der Waals surface area contributed by atoms with Gasteiger partial charge in [-0.15, -0.1) is 0 Å². The number of likely N-dealkylation sites (tertiary alicyclic amines) is 1. The van der Waals surface area contributed by atoms with Gasteiger partial charge < -0.3 is 20.1 Å². The number of carboxylic acids is 1. The minimum atomic E-state index is -3.21. The molecule has 2 heterocycles. The average molecular weight is 500 g/mol. The third kappa shape index (κ3) is 4.75. The van der Waals surface area contributed by atoms with Gasteiger partial charge in [-0.05, 0) is 55.2 Å². The second kappa shape index (κ2) is 9.91. The molecule has 2 atom stereocenters. The third-order valence-corrected chi connectivity index (χ3v) is 9.44. The number of ether oxygens (including phenoxy) is 1. The molecule has 0 bridgehead atoms. The van der Waals surface area contributed by atoms with E-state index in [2.05, 4.69) is 15.2 Å². The maximum absolute atomic E-state index is 12.8. The summed E-state index contributed by atoms with van der Waals surface area (Å²) in [6.07, 6.45) is 2.93. The summed E-state index contributed by atoms with van der Waals surface area (Å²) in [5, 5.41) is 13.2. The van der Waals surface area contributed by atoms with Gasteiger partial charge in [0.05, 0.1) is 17.9 Å². The first-order valence-electron chi connectivity index (χ1n) is 11.8. The first kappa shape index (κ1) is 25.1. The SMILES string of the molecule is CCS(=O)(=O)[C@H]1CCN(Cc2c(OC)cc(C)c3[nH]ccc23)[C@H](c2ccc(C(=O)O)c(NC)c2)C1. The Morgan fingerprint density at radius 3 is 2.71 bits per heavy atom. The molecule has 1 fully saturated rings. The molecule has 1 aliphatic heterocycles. The second-order valence-corrected chi connectivity index (χ2v) is 11.7. The van der Waals surface area contributed by atoms with Crippen LogP contribution in [0, 0.1) is 6.92 Å². The van der Waals surface area contributed by atoms with Gasteiger partial charge in [-0.1, -0.05) is 13.0 Å². The smallest absolute Gasteiger partial charge is 0.337 e. The molecule has 3 N–H and O–H groups in total. The fourth-order valence-electron chi connectivity index (χ4n) is 5.23. The van der Waals surface area contributed by atoms with Crippen LogP contribution >= 0.6 is 0 Å². The molecule has 0 spiro atoms. The molecular formula is C26H33N3O5S. The molecule has 0 saturated carbocycles. The van der Waals surface area contributed by atoms with E-state index in [9.17, 15) is 18.3 Å². The number of rotatable bonds is 8. The molecule has 0 unspecified atom stereocenters. The summed E-state index contributed by atoms with van der Waals surface area (Å²) in [4.78, 5) is 17.2. The van der Waals surface area contributed by atoms with Crippen LogP contribution in [0.25, 0.3) is 10.9 Å². The molecule has 2 aromatic carbocycles. The number of piperidine rings is 1. The molecule has 188 valence electrons. The Labute approximate surface area is 206 Å². The van der Waals surface area contributed by atoms with Gasteiger partial charge >= 0.3 is 5.97 Å². The van der Waals surface area contributed by atoms with E-state index in [1.165, 1.54) is 0 Å². The monoisotopic (exact) mass is 499 g/mol. The van der Waals surface area contributed by atoms with Gasteiger partial charge in [-0.2, -0.15) is 0 Å². The number of aromatic nitrogens is 1. The normalized spacial score (nSPS) is 19.1. The highest BCUT2D eigenvalue weighted by molar-refractivity contribution is 7.92. The first-order chi connectivity index (χ1) is 16.7. The largest absolute Gasteiger partial charge is 0.496 e. The molecule has 4 rings (SSSR count). The molecule has 0 aliphatic carbocycles. The number of hydrogen-bond donors (Lipinski definition) is 3. The molecule has 1 aliphatic rings. The summed E-state index contributed by atoms with van der Waals surface area (Å²) >= 11 is 0. The molecule has 35 heavy (non-hydrogen) atoms. The molecule has 0 amide bonds. The Bertz CT molecular complexity index is 1350. The topological polar surface area (TPSA) is 112 Å². The number of nitrogens with one attached hydrogen (secondary N) is 2. The number of H-pyrrole nitrogens is 1. The number of aryl methyl sites for hydroxylation is 1. The van der Waals surface area contributed by atoms with Crippen molar-refractivity contribution >= 4 is 32.4 Å². The maximum Gasteiger partial charge on any atom is 0.337 e. The van der Waals surface area contributed by atoms with Crippen molar-refractivity contribution in [1.29, 1.82) is 0 Å². The van der Waals surface area contributed by atoms with Crippen LogP contribution in [-0.2, 0) is 16.4 Å². The number of fused-ring (bicyclic) bond motifs is 1. The van der Waals surface area contributed by atoms with E-state index in [1.807, 2.05) is 31.3 Å².